The van der Waals surface area contributed by atoms with Gasteiger partial charge in [0.05, 0.1) is 12.1 Å². The van der Waals surface area contributed by atoms with Gasteiger partial charge in [-0.05, 0) is 23.8 Å². The van der Waals surface area contributed by atoms with Gasteiger partial charge < -0.3 is 5.11 Å². The lowest BCUT2D eigenvalue weighted by molar-refractivity contribution is -0.136. The van der Waals surface area contributed by atoms with Crippen LogP contribution in [0.1, 0.15) is 5.69 Å². The van der Waals surface area contributed by atoms with Crippen LogP contribution in [0.5, 0.6) is 0 Å². The van der Waals surface area contributed by atoms with E-state index in [1.807, 2.05) is 0 Å². The summed E-state index contributed by atoms with van der Waals surface area (Å²) in [5.41, 5.74) is 1.72. The molecule has 0 unspecified atom stereocenters. The highest BCUT2D eigenvalue weighted by Gasteiger charge is 2.09. The zero-order chi connectivity index (χ0) is 12.3. The molecule has 2 aromatic rings. The first-order chi connectivity index (χ1) is 8.16. The van der Waals surface area contributed by atoms with E-state index in [1.54, 1.807) is 24.3 Å². The number of pyridine rings is 1. The summed E-state index contributed by atoms with van der Waals surface area (Å²) in [4.78, 5) is 14.7. The second kappa shape index (κ2) is 4.74. The normalized spacial score (nSPS) is 10.2. The van der Waals surface area contributed by atoms with Gasteiger partial charge in [0.1, 0.15) is 5.82 Å². The molecule has 0 amide bonds. The summed E-state index contributed by atoms with van der Waals surface area (Å²) in [7, 11) is 0. The Morgan fingerprint density at radius 3 is 2.82 bits per heavy atom. The van der Waals surface area contributed by atoms with Crippen molar-refractivity contribution in [1.82, 2.24) is 4.98 Å². The summed E-state index contributed by atoms with van der Waals surface area (Å²) < 4.78 is 13.1. The number of aliphatic carboxylic acids is 1. The highest BCUT2D eigenvalue weighted by atomic mass is 19.1. The van der Waals surface area contributed by atoms with Crippen LogP contribution in [-0.4, -0.2) is 16.1 Å². The molecule has 0 aliphatic heterocycles. The number of benzene rings is 1. The van der Waals surface area contributed by atoms with Gasteiger partial charge in [-0.1, -0.05) is 18.2 Å². The van der Waals surface area contributed by atoms with Crippen molar-refractivity contribution in [3.05, 3.63) is 54.1 Å². The van der Waals surface area contributed by atoms with Gasteiger partial charge in [0.15, 0.2) is 0 Å². The minimum absolute atomic E-state index is 0.174. The van der Waals surface area contributed by atoms with Crippen LogP contribution in [-0.2, 0) is 11.2 Å². The van der Waals surface area contributed by atoms with Crippen LogP contribution in [0.4, 0.5) is 4.39 Å². The molecule has 0 saturated carbocycles. The van der Waals surface area contributed by atoms with Crippen LogP contribution in [0, 0.1) is 5.82 Å². The van der Waals surface area contributed by atoms with E-state index >= 15 is 0 Å². The van der Waals surface area contributed by atoms with Gasteiger partial charge in [-0.2, -0.15) is 0 Å². The third-order valence-corrected chi connectivity index (χ3v) is 2.34. The molecule has 86 valence electrons. The van der Waals surface area contributed by atoms with Gasteiger partial charge in [0.25, 0.3) is 0 Å². The van der Waals surface area contributed by atoms with Gasteiger partial charge >= 0.3 is 5.97 Å². The second-order valence-electron chi connectivity index (χ2n) is 3.58. The van der Waals surface area contributed by atoms with Gasteiger partial charge in [-0.25, -0.2) is 4.39 Å². The lowest BCUT2D eigenvalue weighted by Gasteiger charge is -2.06. The molecule has 0 aliphatic rings. The van der Waals surface area contributed by atoms with Crippen LogP contribution >= 0.6 is 0 Å². The van der Waals surface area contributed by atoms with E-state index in [-0.39, 0.29) is 12.2 Å². The molecule has 17 heavy (non-hydrogen) atoms. The van der Waals surface area contributed by atoms with Crippen molar-refractivity contribution in [3.63, 3.8) is 0 Å². The minimum Gasteiger partial charge on any atom is -0.481 e. The Morgan fingerprint density at radius 1 is 1.29 bits per heavy atom. The number of carbonyl (C=O) groups is 1. The maximum absolute atomic E-state index is 13.1. The first kappa shape index (κ1) is 11.3. The summed E-state index contributed by atoms with van der Waals surface area (Å²) in [6, 6.07) is 9.46. The maximum atomic E-state index is 13.1. The second-order valence-corrected chi connectivity index (χ2v) is 3.58. The van der Waals surface area contributed by atoms with E-state index in [9.17, 15) is 9.18 Å². The van der Waals surface area contributed by atoms with Crippen molar-refractivity contribution in [2.75, 3.05) is 0 Å². The van der Waals surface area contributed by atoms with Crippen molar-refractivity contribution in [3.8, 4) is 11.1 Å². The SMILES string of the molecule is O=C(O)Cc1ncccc1-c1cccc(F)c1. The Bertz CT molecular complexity index is 555. The molecule has 0 saturated heterocycles. The van der Waals surface area contributed by atoms with Crippen LogP contribution in [0.25, 0.3) is 11.1 Å². The molecule has 0 aliphatic carbocycles. The fourth-order valence-corrected chi connectivity index (χ4v) is 1.64. The Balaban J connectivity index is 2.47. The van der Waals surface area contributed by atoms with Crippen molar-refractivity contribution >= 4 is 5.97 Å². The van der Waals surface area contributed by atoms with Crippen LogP contribution in [0.15, 0.2) is 42.6 Å². The van der Waals surface area contributed by atoms with Gasteiger partial charge in [0.2, 0.25) is 0 Å². The molecule has 3 nitrogen and oxygen atoms in total. The molecular formula is C13H10FNO2. The summed E-state index contributed by atoms with van der Waals surface area (Å²) >= 11 is 0. The summed E-state index contributed by atoms with van der Waals surface area (Å²) in [6.45, 7) is 0. The van der Waals surface area contributed by atoms with Crippen molar-refractivity contribution < 1.29 is 14.3 Å². The number of aromatic nitrogens is 1. The predicted molar refractivity (Wildman–Crippen MR) is 61.0 cm³/mol. The topological polar surface area (TPSA) is 50.2 Å². The zero-order valence-corrected chi connectivity index (χ0v) is 8.93. The molecule has 1 aromatic carbocycles. The van der Waals surface area contributed by atoms with E-state index < -0.39 is 5.97 Å². The smallest absolute Gasteiger partial charge is 0.309 e. The van der Waals surface area contributed by atoms with E-state index in [0.29, 0.717) is 16.8 Å². The molecule has 0 fully saturated rings. The molecular weight excluding hydrogens is 221 g/mol. The molecule has 0 spiro atoms. The quantitative estimate of drug-likeness (QED) is 0.883. The van der Waals surface area contributed by atoms with E-state index in [0.717, 1.165) is 0 Å². The Kier molecular flexibility index (Phi) is 3.14. The van der Waals surface area contributed by atoms with E-state index in [4.69, 9.17) is 5.11 Å². The molecule has 0 radical (unpaired) electrons. The Morgan fingerprint density at radius 2 is 2.12 bits per heavy atom. The predicted octanol–water partition coefficient (Wildman–Crippen LogP) is 2.51. The number of carboxylic acids is 1. The third kappa shape index (κ3) is 2.66. The lowest BCUT2D eigenvalue weighted by atomic mass is 10.0. The number of hydrogen-bond donors (Lipinski definition) is 1. The van der Waals surface area contributed by atoms with Crippen molar-refractivity contribution in [2.24, 2.45) is 0 Å². The first-order valence-electron chi connectivity index (χ1n) is 5.08. The molecule has 1 heterocycles. The average molecular weight is 231 g/mol. The van der Waals surface area contributed by atoms with E-state index in [2.05, 4.69) is 4.98 Å². The molecule has 4 heteroatoms. The van der Waals surface area contributed by atoms with Crippen LogP contribution < -0.4 is 0 Å². The molecule has 0 bridgehead atoms. The monoisotopic (exact) mass is 231 g/mol. The molecule has 1 N–H and O–H groups in total. The zero-order valence-electron chi connectivity index (χ0n) is 8.93. The Labute approximate surface area is 97.6 Å². The number of rotatable bonds is 3. The minimum atomic E-state index is -0.957. The van der Waals surface area contributed by atoms with Crippen molar-refractivity contribution in [1.29, 1.82) is 0 Å². The summed E-state index contributed by atoms with van der Waals surface area (Å²) in [6.07, 6.45) is 1.35. The summed E-state index contributed by atoms with van der Waals surface area (Å²) in [5.74, 6) is -1.31. The third-order valence-electron chi connectivity index (χ3n) is 2.34. The maximum Gasteiger partial charge on any atom is 0.309 e. The van der Waals surface area contributed by atoms with Crippen molar-refractivity contribution in [2.45, 2.75) is 6.42 Å². The lowest BCUT2D eigenvalue weighted by Crippen LogP contribution is -2.04. The highest BCUT2D eigenvalue weighted by Crippen LogP contribution is 2.23. The average Bonchev–Trinajstić information content (AvgIpc) is 2.29. The van der Waals surface area contributed by atoms with E-state index in [1.165, 1.54) is 18.3 Å². The number of nitrogens with zero attached hydrogens (tertiary/aromatic N) is 1. The molecule has 1 aromatic heterocycles. The highest BCUT2D eigenvalue weighted by molar-refractivity contribution is 5.75. The standard InChI is InChI=1S/C13H10FNO2/c14-10-4-1-3-9(7-10)11-5-2-6-15-12(11)8-13(16)17/h1-7H,8H2,(H,16,17). The number of halogens is 1. The fourth-order valence-electron chi connectivity index (χ4n) is 1.64. The molecule has 0 atom stereocenters. The number of hydrogen-bond acceptors (Lipinski definition) is 2. The van der Waals surface area contributed by atoms with Gasteiger partial charge in [-0.15, -0.1) is 0 Å². The molecule has 2 rings (SSSR count). The van der Waals surface area contributed by atoms with Gasteiger partial charge in [-0.3, -0.25) is 9.78 Å². The fraction of sp³-hybridized carbons (Fsp3) is 0.0769. The van der Waals surface area contributed by atoms with Crippen LogP contribution in [0.3, 0.4) is 0 Å². The summed E-state index contributed by atoms with van der Waals surface area (Å²) in [5, 5.41) is 8.78. The van der Waals surface area contributed by atoms with Crippen LogP contribution in [0.2, 0.25) is 0 Å². The Hall–Kier alpha value is -2.23. The largest absolute Gasteiger partial charge is 0.481 e. The number of carboxylic acid groups (broad SMARTS) is 1. The first-order valence-corrected chi connectivity index (χ1v) is 5.08. The van der Waals surface area contributed by atoms with Gasteiger partial charge in [0, 0.05) is 11.8 Å².